The molecule has 2 aromatic carbocycles. The lowest BCUT2D eigenvalue weighted by Crippen LogP contribution is -2.30. The average molecular weight is 722 g/mol. The molecule has 0 spiro atoms. The molecule has 3 heterocycles. The SMILES string of the molecule is CCCc1ncc(/C=C(\Cc2cccs2)C(=O)NC)n1Cc1ccc2oc(-c3ccccc3NS(=O)(=O)C(F)(F)F)c(Br)c2c1. The van der Waals surface area contributed by atoms with Gasteiger partial charge in [-0.2, -0.15) is 21.6 Å². The summed E-state index contributed by atoms with van der Waals surface area (Å²) in [6.07, 6.45) is 5.67. The van der Waals surface area contributed by atoms with Crippen LogP contribution in [0.15, 0.2) is 80.6 Å². The third kappa shape index (κ3) is 7.02. The number of benzene rings is 2. The predicted molar refractivity (Wildman–Crippen MR) is 173 cm³/mol. The summed E-state index contributed by atoms with van der Waals surface area (Å²) in [7, 11) is -4.05. The summed E-state index contributed by atoms with van der Waals surface area (Å²) in [6.45, 7) is 2.48. The van der Waals surface area contributed by atoms with E-state index < -0.39 is 15.5 Å². The fraction of sp³-hybridized carbons (Fsp3) is 0.226. The van der Waals surface area contributed by atoms with E-state index in [-0.39, 0.29) is 22.9 Å². The number of hydrogen-bond acceptors (Lipinski definition) is 6. The van der Waals surface area contributed by atoms with Gasteiger partial charge in [-0.25, -0.2) is 4.98 Å². The van der Waals surface area contributed by atoms with Crippen molar-refractivity contribution >= 4 is 65.9 Å². The molecule has 0 radical (unpaired) electrons. The van der Waals surface area contributed by atoms with Crippen molar-refractivity contribution in [2.24, 2.45) is 0 Å². The van der Waals surface area contributed by atoms with E-state index in [9.17, 15) is 26.4 Å². The van der Waals surface area contributed by atoms with E-state index >= 15 is 0 Å². The number of alkyl halides is 3. The van der Waals surface area contributed by atoms with E-state index in [0.29, 0.717) is 34.0 Å². The summed E-state index contributed by atoms with van der Waals surface area (Å²) in [5.74, 6) is 0.848. The van der Waals surface area contributed by atoms with Gasteiger partial charge in [0.2, 0.25) is 5.91 Å². The molecule has 0 saturated carbocycles. The molecule has 0 aliphatic heterocycles. The monoisotopic (exact) mass is 720 g/mol. The van der Waals surface area contributed by atoms with Crippen LogP contribution in [0.1, 0.15) is 35.3 Å². The summed E-state index contributed by atoms with van der Waals surface area (Å²) in [5, 5.41) is 5.34. The molecule has 5 aromatic rings. The predicted octanol–water partition coefficient (Wildman–Crippen LogP) is 7.75. The number of carbonyl (C=O) groups is 1. The molecule has 14 heteroatoms. The summed E-state index contributed by atoms with van der Waals surface area (Å²) < 4.78 is 73.2. The number of anilines is 1. The molecule has 0 atom stereocenters. The number of sulfonamides is 1. The van der Waals surface area contributed by atoms with Gasteiger partial charge in [-0.15, -0.1) is 11.3 Å². The Labute approximate surface area is 270 Å². The van der Waals surface area contributed by atoms with Gasteiger partial charge < -0.3 is 14.3 Å². The average Bonchev–Trinajstić information content (AvgIpc) is 3.73. The van der Waals surface area contributed by atoms with Crippen LogP contribution in [0.25, 0.3) is 28.4 Å². The van der Waals surface area contributed by atoms with E-state index in [2.05, 4.69) is 37.7 Å². The molecule has 0 fully saturated rings. The molecular formula is C31H28BrF3N4O4S2. The maximum Gasteiger partial charge on any atom is 0.516 e. The van der Waals surface area contributed by atoms with Crippen LogP contribution >= 0.6 is 27.3 Å². The standard InChI is InChI=1S/C31H28BrF3N4O4S2/c1-3-7-27-37-17-21(15-20(30(40)36-2)16-22-8-6-13-44-22)39(27)18-19-11-12-26-24(14-19)28(32)29(43-26)23-9-4-5-10-25(23)38-45(41,42)31(33,34)35/h4-6,8-15,17,38H,3,7,16,18H2,1-2H3,(H,36,40)/b20-15+. The lowest BCUT2D eigenvalue weighted by atomic mass is 10.1. The van der Waals surface area contributed by atoms with Gasteiger partial charge in [0, 0.05) is 47.8 Å². The maximum absolute atomic E-state index is 13.1. The number of aromatic nitrogens is 2. The van der Waals surface area contributed by atoms with Crippen molar-refractivity contribution < 1.29 is 30.8 Å². The van der Waals surface area contributed by atoms with Crippen molar-refractivity contribution in [3.63, 3.8) is 0 Å². The van der Waals surface area contributed by atoms with Gasteiger partial charge in [-0.05, 0) is 69.7 Å². The zero-order valence-electron chi connectivity index (χ0n) is 24.1. The van der Waals surface area contributed by atoms with Gasteiger partial charge in [0.05, 0.1) is 22.1 Å². The zero-order chi connectivity index (χ0) is 32.4. The Morgan fingerprint density at radius 2 is 1.93 bits per heavy atom. The Hall–Kier alpha value is -3.88. The third-order valence-corrected chi connectivity index (χ3v) is 9.74. The van der Waals surface area contributed by atoms with Crippen LogP contribution in [0.2, 0.25) is 0 Å². The van der Waals surface area contributed by atoms with Crippen LogP contribution in [0, 0.1) is 0 Å². The van der Waals surface area contributed by atoms with E-state index in [1.807, 2.05) is 35.7 Å². The van der Waals surface area contributed by atoms with Crippen molar-refractivity contribution in [2.45, 2.75) is 38.2 Å². The molecule has 0 aliphatic carbocycles. The second-order valence-corrected chi connectivity index (χ2v) is 13.6. The fourth-order valence-electron chi connectivity index (χ4n) is 4.83. The van der Waals surface area contributed by atoms with Crippen molar-refractivity contribution in [3.05, 3.63) is 98.2 Å². The molecule has 8 nitrogen and oxygen atoms in total. The number of para-hydroxylation sites is 1. The molecule has 0 aliphatic rings. The lowest BCUT2D eigenvalue weighted by molar-refractivity contribution is -0.117. The first-order valence-corrected chi connectivity index (χ1v) is 17.0. The first-order valence-electron chi connectivity index (χ1n) is 13.8. The number of nitrogens with one attached hydrogen (secondary N) is 2. The highest BCUT2D eigenvalue weighted by Crippen LogP contribution is 2.42. The van der Waals surface area contributed by atoms with Crippen LogP contribution < -0.4 is 10.0 Å². The van der Waals surface area contributed by atoms with Crippen LogP contribution in [0.4, 0.5) is 18.9 Å². The number of thiophene rings is 1. The van der Waals surface area contributed by atoms with Crippen LogP contribution in [-0.2, 0) is 34.2 Å². The number of amides is 1. The number of fused-ring (bicyclic) bond motifs is 1. The second-order valence-electron chi connectivity index (χ2n) is 10.1. The highest BCUT2D eigenvalue weighted by atomic mass is 79.9. The van der Waals surface area contributed by atoms with E-state index in [0.717, 1.165) is 34.8 Å². The van der Waals surface area contributed by atoms with E-state index in [1.54, 1.807) is 41.4 Å². The minimum atomic E-state index is -5.65. The van der Waals surface area contributed by atoms with Gasteiger partial charge in [-0.3, -0.25) is 9.52 Å². The third-order valence-electron chi connectivity index (χ3n) is 6.98. The fourth-order valence-corrected chi connectivity index (χ4v) is 6.74. The lowest BCUT2D eigenvalue weighted by Gasteiger charge is -2.13. The topological polar surface area (TPSA) is 106 Å². The number of carbonyl (C=O) groups excluding carboxylic acids is 1. The second kappa shape index (κ2) is 13.2. The molecule has 236 valence electrons. The number of halogens is 4. The van der Waals surface area contributed by atoms with Gasteiger partial charge in [0.1, 0.15) is 11.4 Å². The van der Waals surface area contributed by atoms with Gasteiger partial charge in [0.25, 0.3) is 0 Å². The van der Waals surface area contributed by atoms with Crippen molar-refractivity contribution in [1.29, 1.82) is 0 Å². The maximum atomic E-state index is 13.1. The van der Waals surface area contributed by atoms with Crippen LogP contribution in [0.3, 0.4) is 0 Å². The molecule has 5 rings (SSSR count). The highest BCUT2D eigenvalue weighted by molar-refractivity contribution is 9.10. The molecule has 45 heavy (non-hydrogen) atoms. The number of imidazole rings is 1. The van der Waals surface area contributed by atoms with Crippen LogP contribution in [0.5, 0.6) is 0 Å². The minimum absolute atomic E-state index is 0.134. The molecule has 1 amide bonds. The van der Waals surface area contributed by atoms with Crippen molar-refractivity contribution in [3.8, 4) is 11.3 Å². The molecule has 0 bridgehead atoms. The minimum Gasteiger partial charge on any atom is -0.455 e. The number of furan rings is 1. The zero-order valence-corrected chi connectivity index (χ0v) is 27.3. The molecule has 3 aromatic heterocycles. The Bertz CT molecular complexity index is 1980. The smallest absolute Gasteiger partial charge is 0.455 e. The normalized spacial score (nSPS) is 12.5. The van der Waals surface area contributed by atoms with E-state index in [1.165, 1.54) is 18.2 Å². The largest absolute Gasteiger partial charge is 0.516 e. The summed E-state index contributed by atoms with van der Waals surface area (Å²) in [4.78, 5) is 18.5. The Kier molecular flexibility index (Phi) is 9.56. The molecule has 0 unspecified atom stereocenters. The number of rotatable bonds is 11. The number of aryl methyl sites for hydroxylation is 1. The first-order chi connectivity index (χ1) is 21.4. The van der Waals surface area contributed by atoms with E-state index in [4.69, 9.17) is 4.42 Å². The Morgan fingerprint density at radius 3 is 2.62 bits per heavy atom. The van der Waals surface area contributed by atoms with Gasteiger partial charge in [0.15, 0.2) is 5.76 Å². The van der Waals surface area contributed by atoms with Crippen molar-refractivity contribution in [1.82, 2.24) is 14.9 Å². The number of hydrogen-bond donors (Lipinski definition) is 2. The highest BCUT2D eigenvalue weighted by Gasteiger charge is 2.46. The summed E-state index contributed by atoms with van der Waals surface area (Å²) >= 11 is 5.10. The number of nitrogens with zero attached hydrogens (tertiary/aromatic N) is 2. The van der Waals surface area contributed by atoms with Crippen molar-refractivity contribution in [2.75, 3.05) is 11.8 Å². The molecule has 0 saturated heterocycles. The quantitative estimate of drug-likeness (QED) is 0.136. The summed E-state index contributed by atoms with van der Waals surface area (Å²) in [5.41, 5.74) is -2.92. The summed E-state index contributed by atoms with van der Waals surface area (Å²) in [6, 6.07) is 15.1. The Balaban J connectivity index is 1.52. The molecular weight excluding hydrogens is 693 g/mol. The first kappa shape index (κ1) is 32.5. The van der Waals surface area contributed by atoms with Crippen LogP contribution in [-0.4, -0.2) is 36.4 Å². The Morgan fingerprint density at radius 1 is 1.16 bits per heavy atom. The number of likely N-dealkylation sites (N-methyl/N-ethyl adjacent to an activating group) is 1. The van der Waals surface area contributed by atoms with Gasteiger partial charge >= 0.3 is 15.5 Å². The van der Waals surface area contributed by atoms with Gasteiger partial charge in [-0.1, -0.05) is 31.2 Å². The molecule has 2 N–H and O–H groups in total.